The maximum absolute atomic E-state index is 11.6. The Hall–Kier alpha value is -1.22. The van der Waals surface area contributed by atoms with Crippen molar-refractivity contribution in [3.8, 4) is 0 Å². The quantitative estimate of drug-likeness (QED) is 0.354. The summed E-state index contributed by atoms with van der Waals surface area (Å²) in [5.74, 6) is 1.05. The first kappa shape index (κ1) is 16.8. The van der Waals surface area contributed by atoms with Crippen molar-refractivity contribution in [1.82, 2.24) is 0 Å². The van der Waals surface area contributed by atoms with Crippen LogP contribution in [0.4, 0.5) is 0 Å². The highest BCUT2D eigenvalue weighted by atomic mass is 17.2. The van der Waals surface area contributed by atoms with Gasteiger partial charge in [-0.2, -0.15) is 10.8 Å². The molecule has 0 radical (unpaired) electrons. The topological polar surface area (TPSA) is 106 Å². The van der Waals surface area contributed by atoms with Crippen LogP contribution in [-0.2, 0) is 33.7 Å². The van der Waals surface area contributed by atoms with Gasteiger partial charge in [-0.1, -0.05) is 0 Å². The van der Waals surface area contributed by atoms with Crippen molar-refractivity contribution in [3.63, 3.8) is 0 Å². The molecule has 0 aromatic heterocycles. The fraction of sp³-hybridized carbons (Fsp3) is 0.800. The van der Waals surface area contributed by atoms with Gasteiger partial charge in [-0.05, 0) is 20.8 Å². The minimum Gasteiger partial charge on any atom is -0.369 e. The van der Waals surface area contributed by atoms with Crippen molar-refractivity contribution in [2.75, 3.05) is 19.8 Å². The van der Waals surface area contributed by atoms with E-state index in [9.17, 15) is 9.59 Å². The first-order valence-electron chi connectivity index (χ1n) is 5.57. The van der Waals surface area contributed by atoms with Crippen molar-refractivity contribution < 1.29 is 33.7 Å². The Kier molecular flexibility index (Phi) is 8.21. The molecule has 0 saturated heterocycles. The first-order chi connectivity index (χ1) is 8.56. The monoisotopic (exact) mass is 265 g/mol. The zero-order valence-electron chi connectivity index (χ0n) is 10.8. The Morgan fingerprint density at radius 2 is 1.61 bits per heavy atom. The molecule has 0 aliphatic rings. The second-order valence-corrected chi connectivity index (χ2v) is 3.06. The number of hydrogen-bond acceptors (Lipinski definition) is 8. The summed E-state index contributed by atoms with van der Waals surface area (Å²) in [6.07, 6.45) is -0.523. The molecule has 0 aliphatic carbocycles. The van der Waals surface area contributed by atoms with Gasteiger partial charge < -0.3 is 14.3 Å². The molecule has 106 valence electrons. The molecule has 0 atom stereocenters. The zero-order chi connectivity index (χ0) is 14.0. The number of ether oxygens (including phenoxy) is 2. The normalized spacial score (nSPS) is 11.1. The molecule has 0 fully saturated rings. The highest BCUT2D eigenvalue weighted by Gasteiger charge is 2.45. The fourth-order valence-electron chi connectivity index (χ4n) is 1.23. The van der Waals surface area contributed by atoms with E-state index in [1.807, 2.05) is 0 Å². The molecule has 0 heterocycles. The highest BCUT2D eigenvalue weighted by Crippen LogP contribution is 2.21. The average molecular weight is 265 g/mol. The molecule has 0 rings (SSSR count). The van der Waals surface area contributed by atoms with Crippen LogP contribution >= 0.6 is 0 Å². The van der Waals surface area contributed by atoms with Gasteiger partial charge in [0.2, 0.25) is 0 Å². The smallest absolute Gasteiger partial charge is 0.369 e. The Labute approximate surface area is 105 Å². The number of carbonyl (C=O) groups is 2. The Morgan fingerprint density at radius 1 is 1.06 bits per heavy atom. The fourth-order valence-corrected chi connectivity index (χ4v) is 1.23. The molecular weight excluding hydrogens is 246 g/mol. The lowest BCUT2D eigenvalue weighted by atomic mass is 10.2. The van der Waals surface area contributed by atoms with Crippen LogP contribution in [0.5, 0.6) is 0 Å². The zero-order valence-corrected chi connectivity index (χ0v) is 10.8. The van der Waals surface area contributed by atoms with Gasteiger partial charge in [0.15, 0.2) is 0 Å². The van der Waals surface area contributed by atoms with E-state index in [-0.39, 0.29) is 19.8 Å². The van der Waals surface area contributed by atoms with E-state index in [1.54, 1.807) is 20.8 Å². The van der Waals surface area contributed by atoms with Crippen molar-refractivity contribution in [2.45, 2.75) is 33.0 Å². The summed E-state index contributed by atoms with van der Waals surface area (Å²) >= 11 is 0. The maximum atomic E-state index is 11.6. The molecule has 0 bridgehead atoms. The van der Waals surface area contributed by atoms with Gasteiger partial charge in [0, 0.05) is 13.2 Å². The van der Waals surface area contributed by atoms with E-state index < -0.39 is 24.1 Å². The van der Waals surface area contributed by atoms with Crippen LogP contribution in [0.2, 0.25) is 0 Å². The van der Waals surface area contributed by atoms with Gasteiger partial charge in [-0.3, -0.25) is 4.89 Å². The van der Waals surface area contributed by atoms with E-state index in [4.69, 9.17) is 15.4 Å². The van der Waals surface area contributed by atoms with Gasteiger partial charge in [-0.25, -0.2) is 9.59 Å². The van der Waals surface area contributed by atoms with Crippen molar-refractivity contribution in [1.29, 1.82) is 0 Å². The van der Waals surface area contributed by atoms with Crippen LogP contribution < -0.4 is 5.90 Å². The highest BCUT2D eigenvalue weighted by molar-refractivity contribution is 5.84. The Bertz CT molecular complexity index is 263. The van der Waals surface area contributed by atoms with Gasteiger partial charge >= 0.3 is 11.9 Å². The predicted molar refractivity (Wildman–Crippen MR) is 58.6 cm³/mol. The van der Waals surface area contributed by atoms with E-state index in [1.165, 1.54) is 0 Å². The Morgan fingerprint density at radius 3 is 2.00 bits per heavy atom. The third kappa shape index (κ3) is 4.96. The second kappa shape index (κ2) is 8.81. The molecule has 0 aliphatic heterocycles. The second-order valence-electron chi connectivity index (χ2n) is 3.06. The number of rotatable bonds is 9. The minimum absolute atomic E-state index is 0.122. The van der Waals surface area contributed by atoms with Gasteiger partial charge in [-0.15, -0.1) is 0 Å². The number of carbonyl (C=O) groups excluding carboxylic acids is 2. The summed E-state index contributed by atoms with van der Waals surface area (Å²) in [5, 5.41) is 0. The minimum atomic E-state index is -1.91. The van der Waals surface area contributed by atoms with Gasteiger partial charge in [0.1, 0.15) is 6.42 Å². The third-order valence-corrected chi connectivity index (χ3v) is 1.82. The largest absolute Gasteiger partial charge is 0.385 e. The molecule has 0 amide bonds. The molecule has 0 aromatic carbocycles. The van der Waals surface area contributed by atoms with Crippen LogP contribution in [0.15, 0.2) is 0 Å². The standard InChI is InChI=1S/C10H19NO7/c1-4-14-10(15-5-2,9(13)17-11)7-8(12)18-16-6-3/h4-7,11H2,1-3H3. The molecule has 0 aromatic rings. The summed E-state index contributed by atoms with van der Waals surface area (Å²) in [5.41, 5.74) is 0. The molecular formula is C10H19NO7. The van der Waals surface area contributed by atoms with Crippen LogP contribution in [-0.4, -0.2) is 37.5 Å². The van der Waals surface area contributed by atoms with E-state index in [0.717, 1.165) is 0 Å². The van der Waals surface area contributed by atoms with Gasteiger partial charge in [0.05, 0.1) is 6.61 Å². The maximum Gasteiger partial charge on any atom is 0.385 e. The van der Waals surface area contributed by atoms with E-state index in [0.29, 0.717) is 0 Å². The number of nitrogens with two attached hydrogens (primary N) is 1. The predicted octanol–water partition coefficient (Wildman–Crippen LogP) is 0.0574. The van der Waals surface area contributed by atoms with Crippen molar-refractivity contribution in [2.24, 2.45) is 5.90 Å². The summed E-state index contributed by atoms with van der Waals surface area (Å²) in [7, 11) is 0. The van der Waals surface area contributed by atoms with Crippen LogP contribution in [0.1, 0.15) is 27.2 Å². The first-order valence-corrected chi connectivity index (χ1v) is 5.57. The Balaban J connectivity index is 4.81. The van der Waals surface area contributed by atoms with Crippen LogP contribution in [0, 0.1) is 0 Å². The van der Waals surface area contributed by atoms with Crippen molar-refractivity contribution >= 4 is 11.9 Å². The summed E-state index contributed by atoms with van der Waals surface area (Å²) < 4.78 is 10.3. The van der Waals surface area contributed by atoms with Gasteiger partial charge in [0.25, 0.3) is 5.79 Å². The molecule has 18 heavy (non-hydrogen) atoms. The lowest BCUT2D eigenvalue weighted by molar-refractivity contribution is -0.286. The summed E-state index contributed by atoms with van der Waals surface area (Å²) in [6, 6.07) is 0. The lowest BCUT2D eigenvalue weighted by Gasteiger charge is -2.28. The summed E-state index contributed by atoms with van der Waals surface area (Å²) in [4.78, 5) is 36.0. The third-order valence-electron chi connectivity index (χ3n) is 1.82. The van der Waals surface area contributed by atoms with Crippen LogP contribution in [0.25, 0.3) is 0 Å². The molecule has 0 saturated carbocycles. The van der Waals surface area contributed by atoms with E-state index in [2.05, 4.69) is 14.6 Å². The van der Waals surface area contributed by atoms with E-state index >= 15 is 0 Å². The van der Waals surface area contributed by atoms with Crippen molar-refractivity contribution in [3.05, 3.63) is 0 Å². The van der Waals surface area contributed by atoms with Crippen LogP contribution in [0.3, 0.4) is 0 Å². The lowest BCUT2D eigenvalue weighted by Crippen LogP contribution is -2.48. The SMILES string of the molecule is CCOOC(=O)CC(OCC)(OCC)C(=O)ON. The average Bonchev–Trinajstić information content (AvgIpc) is 2.35. The number of hydrogen-bond donors (Lipinski definition) is 1. The molecule has 0 spiro atoms. The molecule has 2 N–H and O–H groups in total. The summed E-state index contributed by atoms with van der Waals surface area (Å²) in [6.45, 7) is 5.33. The molecule has 8 heteroatoms. The molecule has 0 unspecified atom stereocenters. The molecule has 8 nitrogen and oxygen atoms in total.